The van der Waals surface area contributed by atoms with Crippen molar-refractivity contribution >= 4 is 11.8 Å². The molecule has 2 amide bonds. The number of pyridine rings is 1. The summed E-state index contributed by atoms with van der Waals surface area (Å²) < 4.78 is 0. The maximum atomic E-state index is 11.7. The van der Waals surface area contributed by atoms with Crippen molar-refractivity contribution in [1.82, 2.24) is 15.6 Å². The Kier molecular flexibility index (Phi) is 5.50. The molecule has 1 aliphatic rings. The fourth-order valence-electron chi connectivity index (χ4n) is 2.90. The molecule has 1 aromatic heterocycles. The Hall–Kier alpha value is -2.60. The summed E-state index contributed by atoms with van der Waals surface area (Å²) in [5.74, 6) is 0.955. The van der Waals surface area contributed by atoms with E-state index in [1.807, 2.05) is 12.1 Å². The van der Waals surface area contributed by atoms with Gasteiger partial charge in [0.15, 0.2) is 0 Å². The number of benzene rings is 1. The summed E-state index contributed by atoms with van der Waals surface area (Å²) in [6.45, 7) is 3.90. The van der Waals surface area contributed by atoms with Crippen molar-refractivity contribution in [3.05, 3.63) is 59.3 Å². The van der Waals surface area contributed by atoms with Crippen molar-refractivity contribution in [2.24, 2.45) is 0 Å². The van der Waals surface area contributed by atoms with Crippen molar-refractivity contribution in [2.75, 3.05) is 18.1 Å². The van der Waals surface area contributed by atoms with Gasteiger partial charge in [0.25, 0.3) is 0 Å². The quantitative estimate of drug-likeness (QED) is 0.776. The third-order valence-corrected chi connectivity index (χ3v) is 4.37. The van der Waals surface area contributed by atoms with Crippen molar-refractivity contribution < 1.29 is 9.90 Å². The lowest BCUT2D eigenvalue weighted by molar-refractivity contribution is 0.220. The molecule has 25 heavy (non-hydrogen) atoms. The Morgan fingerprint density at radius 2 is 2.08 bits per heavy atom. The van der Waals surface area contributed by atoms with E-state index in [0.29, 0.717) is 6.54 Å². The Labute approximate surface area is 147 Å². The van der Waals surface area contributed by atoms with Gasteiger partial charge in [-0.2, -0.15) is 0 Å². The highest BCUT2D eigenvalue weighted by molar-refractivity contribution is 5.74. The van der Waals surface area contributed by atoms with Crippen molar-refractivity contribution in [1.29, 1.82) is 0 Å². The van der Waals surface area contributed by atoms with Gasteiger partial charge in [-0.05, 0) is 36.1 Å². The number of fused-ring (bicyclic) bond motifs is 1. The number of hydrogen-bond acceptors (Lipinski definition) is 4. The normalized spacial score (nSPS) is 14.6. The molecule has 1 atom stereocenters. The third kappa shape index (κ3) is 4.48. The highest BCUT2D eigenvalue weighted by Gasteiger charge is 2.16. The van der Waals surface area contributed by atoms with Crippen molar-refractivity contribution in [2.45, 2.75) is 32.5 Å². The van der Waals surface area contributed by atoms with Crippen LogP contribution in [0, 0.1) is 0 Å². The van der Waals surface area contributed by atoms with Crippen molar-refractivity contribution in [3.8, 4) is 0 Å². The number of aliphatic hydroxyl groups excluding tert-OH is 1. The van der Waals surface area contributed by atoms with Gasteiger partial charge in [-0.15, -0.1) is 0 Å². The molecule has 3 N–H and O–H groups in total. The van der Waals surface area contributed by atoms with Gasteiger partial charge in [0.2, 0.25) is 0 Å². The second-order valence-corrected chi connectivity index (χ2v) is 6.38. The zero-order chi connectivity index (χ0) is 17.6. The third-order valence-electron chi connectivity index (χ3n) is 4.37. The number of carbonyl (C=O) groups excluding carboxylic acids is 1. The number of carbonyl (C=O) groups is 1. The molecular formula is C19H24N4O2. The lowest BCUT2D eigenvalue weighted by Gasteiger charge is -2.29. The number of anilines is 1. The molecule has 6 heteroatoms. The minimum atomic E-state index is -0.293. The molecule has 0 saturated heterocycles. The van der Waals surface area contributed by atoms with E-state index in [2.05, 4.69) is 44.8 Å². The van der Waals surface area contributed by atoms with Crippen LogP contribution < -0.4 is 15.5 Å². The molecule has 0 radical (unpaired) electrons. The molecule has 2 heterocycles. The van der Waals surface area contributed by atoms with Gasteiger partial charge in [0.1, 0.15) is 5.82 Å². The minimum Gasteiger partial charge on any atom is -0.394 e. The topological polar surface area (TPSA) is 77.5 Å². The van der Waals surface area contributed by atoms with E-state index in [1.54, 1.807) is 13.1 Å². The minimum absolute atomic E-state index is 0.0807. The highest BCUT2D eigenvalue weighted by Crippen LogP contribution is 2.22. The van der Waals surface area contributed by atoms with Gasteiger partial charge in [0, 0.05) is 25.8 Å². The van der Waals surface area contributed by atoms with Gasteiger partial charge in [0.05, 0.1) is 12.6 Å². The van der Waals surface area contributed by atoms with E-state index >= 15 is 0 Å². The first-order chi connectivity index (χ1) is 12.2. The molecular weight excluding hydrogens is 316 g/mol. The van der Waals surface area contributed by atoms with Crippen LogP contribution in [0.4, 0.5) is 10.6 Å². The second kappa shape index (κ2) is 7.98. The molecule has 0 aliphatic carbocycles. The van der Waals surface area contributed by atoms with Gasteiger partial charge < -0.3 is 20.6 Å². The molecule has 0 unspecified atom stereocenters. The Balaban J connectivity index is 1.55. The summed E-state index contributed by atoms with van der Waals surface area (Å²) >= 11 is 0. The van der Waals surface area contributed by atoms with Crippen LogP contribution in [0.15, 0.2) is 42.6 Å². The monoisotopic (exact) mass is 340 g/mol. The Morgan fingerprint density at radius 3 is 2.80 bits per heavy atom. The Morgan fingerprint density at radius 1 is 1.28 bits per heavy atom. The van der Waals surface area contributed by atoms with Crippen LogP contribution in [0.1, 0.15) is 23.6 Å². The molecule has 0 saturated carbocycles. The zero-order valence-electron chi connectivity index (χ0n) is 14.4. The van der Waals surface area contributed by atoms with Crippen molar-refractivity contribution in [3.63, 3.8) is 0 Å². The number of amides is 2. The fourth-order valence-corrected chi connectivity index (χ4v) is 2.90. The summed E-state index contributed by atoms with van der Waals surface area (Å²) in [5.41, 5.74) is 3.71. The fraction of sp³-hybridized carbons (Fsp3) is 0.368. The molecule has 0 bridgehead atoms. The number of nitrogens with one attached hydrogen (secondary N) is 2. The molecule has 3 rings (SSSR count). The van der Waals surface area contributed by atoms with E-state index in [9.17, 15) is 4.79 Å². The van der Waals surface area contributed by atoms with Gasteiger partial charge >= 0.3 is 6.03 Å². The highest BCUT2D eigenvalue weighted by atomic mass is 16.3. The zero-order valence-corrected chi connectivity index (χ0v) is 14.4. The predicted molar refractivity (Wildman–Crippen MR) is 97.4 cm³/mol. The number of hydrogen-bond donors (Lipinski definition) is 3. The average molecular weight is 340 g/mol. The van der Waals surface area contributed by atoms with E-state index in [4.69, 9.17) is 5.11 Å². The van der Waals surface area contributed by atoms with E-state index in [-0.39, 0.29) is 18.7 Å². The van der Waals surface area contributed by atoms with Gasteiger partial charge in [-0.25, -0.2) is 9.78 Å². The van der Waals surface area contributed by atoms with Crippen LogP contribution in [-0.2, 0) is 19.5 Å². The molecule has 0 fully saturated rings. The first kappa shape index (κ1) is 17.2. The lowest BCUT2D eigenvalue weighted by Crippen LogP contribution is -2.41. The molecule has 132 valence electrons. The largest absolute Gasteiger partial charge is 0.394 e. The van der Waals surface area contributed by atoms with E-state index in [1.165, 1.54) is 11.1 Å². The van der Waals surface area contributed by atoms with Crippen LogP contribution >= 0.6 is 0 Å². The predicted octanol–water partition coefficient (Wildman–Crippen LogP) is 1.82. The summed E-state index contributed by atoms with van der Waals surface area (Å²) in [4.78, 5) is 18.5. The molecule has 0 spiro atoms. The summed E-state index contributed by atoms with van der Waals surface area (Å²) in [5, 5.41) is 14.3. The second-order valence-electron chi connectivity index (χ2n) is 6.38. The number of aromatic nitrogens is 1. The molecule has 6 nitrogen and oxygen atoms in total. The smallest absolute Gasteiger partial charge is 0.315 e. The first-order valence-corrected chi connectivity index (χ1v) is 8.57. The number of rotatable bonds is 5. The SMILES string of the molecule is C[C@H](CO)NC(=O)NCc1ccc(N2CCc3ccccc3C2)nc1. The van der Waals surface area contributed by atoms with Crippen LogP contribution in [0.2, 0.25) is 0 Å². The number of aliphatic hydroxyl groups is 1. The number of nitrogens with zero attached hydrogens (tertiary/aromatic N) is 2. The summed E-state index contributed by atoms with van der Waals surface area (Å²) in [6.07, 6.45) is 2.83. The standard InChI is InChI=1S/C19H24N4O2/c1-14(13-24)22-19(25)21-11-15-6-7-18(20-10-15)23-9-8-16-4-2-3-5-17(16)12-23/h2-7,10,14,24H,8-9,11-13H2,1H3,(H2,21,22,25)/t14-/m1/s1. The molecule has 1 aromatic carbocycles. The average Bonchev–Trinajstić information content (AvgIpc) is 2.66. The van der Waals surface area contributed by atoms with Gasteiger partial charge in [-0.1, -0.05) is 30.3 Å². The molecule has 1 aliphatic heterocycles. The van der Waals surface area contributed by atoms with E-state index in [0.717, 1.165) is 30.9 Å². The first-order valence-electron chi connectivity index (χ1n) is 8.57. The summed E-state index contributed by atoms with van der Waals surface area (Å²) in [6, 6.07) is 12.0. The van der Waals surface area contributed by atoms with Gasteiger partial charge in [-0.3, -0.25) is 0 Å². The van der Waals surface area contributed by atoms with Crippen LogP contribution in [0.3, 0.4) is 0 Å². The lowest BCUT2D eigenvalue weighted by atomic mass is 10.00. The number of urea groups is 1. The van der Waals surface area contributed by atoms with Crippen LogP contribution in [-0.4, -0.2) is 35.3 Å². The Bertz CT molecular complexity index is 718. The maximum Gasteiger partial charge on any atom is 0.315 e. The van der Waals surface area contributed by atoms with Crippen LogP contribution in [0.5, 0.6) is 0 Å². The molecule has 2 aromatic rings. The summed E-state index contributed by atoms with van der Waals surface area (Å²) in [7, 11) is 0. The maximum absolute atomic E-state index is 11.7. The van der Waals surface area contributed by atoms with Crippen LogP contribution in [0.25, 0.3) is 0 Å². The van der Waals surface area contributed by atoms with E-state index < -0.39 is 0 Å².